The first kappa shape index (κ1) is 25.8. The van der Waals surface area contributed by atoms with E-state index in [0.717, 1.165) is 48.4 Å². The lowest BCUT2D eigenvalue weighted by Crippen LogP contribution is -2.33. The zero-order valence-corrected chi connectivity index (χ0v) is 22.0. The molecule has 188 valence electrons. The summed E-state index contributed by atoms with van der Waals surface area (Å²) in [5.41, 5.74) is 9.15. The van der Waals surface area contributed by atoms with Gasteiger partial charge in [-0.15, -0.1) is 11.3 Å². The fourth-order valence-corrected chi connectivity index (χ4v) is 5.48. The van der Waals surface area contributed by atoms with Crippen LogP contribution in [0.25, 0.3) is 5.57 Å². The molecule has 2 heterocycles. The van der Waals surface area contributed by atoms with Gasteiger partial charge in [-0.05, 0) is 80.1 Å². The quantitative estimate of drug-likeness (QED) is 0.442. The molecule has 1 aromatic heterocycles. The largest absolute Gasteiger partial charge is 0.339 e. The summed E-state index contributed by atoms with van der Waals surface area (Å²) in [6.45, 7) is 8.70. The molecular weight excluding hydrogens is 468 g/mol. The Bertz CT molecular complexity index is 1210. The van der Waals surface area contributed by atoms with Crippen LogP contribution in [0.4, 0.5) is 5.69 Å². The van der Waals surface area contributed by atoms with Gasteiger partial charge in [0.1, 0.15) is 0 Å². The number of nitrogens with one attached hydrogen (secondary N) is 2. The summed E-state index contributed by atoms with van der Waals surface area (Å²) in [5.74, 6) is 0.262. The van der Waals surface area contributed by atoms with E-state index in [-0.39, 0.29) is 11.8 Å². The molecule has 1 fully saturated rings. The Morgan fingerprint density at radius 2 is 1.83 bits per heavy atom. The zero-order chi connectivity index (χ0) is 25.5. The minimum atomic E-state index is -0.0936. The summed E-state index contributed by atoms with van der Waals surface area (Å²) in [6, 6.07) is 16.0. The maximum Gasteiger partial charge on any atom is 0.253 e. The molecule has 3 aromatic rings. The van der Waals surface area contributed by atoms with E-state index < -0.39 is 0 Å². The number of hydrogen-bond donors (Lipinski definition) is 2. The molecule has 1 saturated heterocycles. The molecular formula is C29H34N4O2S. The summed E-state index contributed by atoms with van der Waals surface area (Å²) in [6.07, 6.45) is 1.80. The Labute approximate surface area is 217 Å². The van der Waals surface area contributed by atoms with Crippen molar-refractivity contribution in [2.45, 2.75) is 33.6 Å². The predicted molar refractivity (Wildman–Crippen MR) is 147 cm³/mol. The summed E-state index contributed by atoms with van der Waals surface area (Å²) in [7, 11) is 0. The molecule has 0 aliphatic carbocycles. The minimum absolute atomic E-state index is 0.0525. The highest BCUT2D eigenvalue weighted by Crippen LogP contribution is 2.36. The molecule has 4 rings (SSSR count). The second-order valence-corrected chi connectivity index (χ2v) is 9.77. The van der Waals surface area contributed by atoms with Crippen molar-refractivity contribution in [3.05, 3.63) is 87.4 Å². The summed E-state index contributed by atoms with van der Waals surface area (Å²) in [4.78, 5) is 31.0. The minimum Gasteiger partial charge on any atom is -0.339 e. The van der Waals surface area contributed by atoms with Crippen molar-refractivity contribution in [3.8, 4) is 0 Å². The third kappa shape index (κ3) is 6.09. The third-order valence-electron chi connectivity index (χ3n) is 6.66. The second kappa shape index (κ2) is 12.1. The molecule has 2 N–H and O–H groups in total. The van der Waals surface area contributed by atoms with Crippen LogP contribution in [0.3, 0.4) is 0 Å². The third-order valence-corrected chi connectivity index (χ3v) is 7.29. The average Bonchev–Trinajstić information content (AvgIpc) is 3.39. The predicted octanol–water partition coefficient (Wildman–Crippen LogP) is 5.24. The van der Waals surface area contributed by atoms with Gasteiger partial charge in [-0.1, -0.05) is 29.8 Å². The van der Waals surface area contributed by atoms with Crippen LogP contribution >= 0.6 is 11.3 Å². The van der Waals surface area contributed by atoms with Gasteiger partial charge in [0, 0.05) is 43.2 Å². The van der Waals surface area contributed by atoms with Gasteiger partial charge in [0.05, 0.1) is 11.2 Å². The lowest BCUT2D eigenvalue weighted by atomic mass is 9.81. The number of anilines is 1. The number of aromatic nitrogens is 1. The Morgan fingerprint density at radius 3 is 2.50 bits per heavy atom. The molecule has 0 spiro atoms. The Kier molecular flexibility index (Phi) is 8.67. The lowest BCUT2D eigenvalue weighted by Gasteiger charge is -2.29. The number of carbonyl (C=O) groups excluding carboxylic acids is 2. The van der Waals surface area contributed by atoms with E-state index in [2.05, 4.69) is 39.2 Å². The van der Waals surface area contributed by atoms with E-state index in [1.807, 2.05) is 54.6 Å². The lowest BCUT2D eigenvalue weighted by molar-refractivity contribution is -0.114. The number of piperidine rings is 1. The van der Waals surface area contributed by atoms with Crippen molar-refractivity contribution in [1.82, 2.24) is 15.2 Å². The molecule has 2 amide bonds. The van der Waals surface area contributed by atoms with E-state index in [1.54, 1.807) is 11.3 Å². The molecule has 1 atom stereocenters. The SMILES string of the molecule is CCN(CC)C(=O)c1ccc(C(=C2CCNCC2Cc2cscn2)c2cccc(NC(C)=O)c2)cc1. The van der Waals surface area contributed by atoms with Gasteiger partial charge in [0.25, 0.3) is 5.91 Å². The number of amides is 2. The maximum atomic E-state index is 12.9. The van der Waals surface area contributed by atoms with Gasteiger partial charge >= 0.3 is 0 Å². The van der Waals surface area contributed by atoms with Crippen molar-refractivity contribution in [1.29, 1.82) is 0 Å². The molecule has 0 saturated carbocycles. The van der Waals surface area contributed by atoms with Crippen molar-refractivity contribution in [3.63, 3.8) is 0 Å². The first-order valence-corrected chi connectivity index (χ1v) is 13.5. The molecule has 1 aliphatic rings. The molecule has 6 nitrogen and oxygen atoms in total. The molecule has 0 bridgehead atoms. The van der Waals surface area contributed by atoms with Crippen molar-refractivity contribution in [2.24, 2.45) is 5.92 Å². The van der Waals surface area contributed by atoms with Gasteiger partial charge in [0.15, 0.2) is 0 Å². The van der Waals surface area contributed by atoms with Gasteiger partial charge in [-0.2, -0.15) is 0 Å². The number of rotatable bonds is 8. The maximum absolute atomic E-state index is 12.9. The van der Waals surface area contributed by atoms with E-state index in [9.17, 15) is 9.59 Å². The number of thiazole rings is 1. The normalized spacial score (nSPS) is 16.9. The van der Waals surface area contributed by atoms with Crippen molar-refractivity contribution >= 4 is 34.4 Å². The smallest absolute Gasteiger partial charge is 0.253 e. The fourth-order valence-electron chi connectivity index (χ4n) is 4.91. The van der Waals surface area contributed by atoms with Gasteiger partial charge < -0.3 is 15.5 Å². The van der Waals surface area contributed by atoms with Crippen LogP contribution in [-0.2, 0) is 11.2 Å². The van der Waals surface area contributed by atoms with Crippen LogP contribution in [0.2, 0.25) is 0 Å². The summed E-state index contributed by atoms with van der Waals surface area (Å²) >= 11 is 1.62. The van der Waals surface area contributed by atoms with E-state index >= 15 is 0 Å². The molecule has 1 aliphatic heterocycles. The highest BCUT2D eigenvalue weighted by Gasteiger charge is 2.25. The fraction of sp³-hybridized carbons (Fsp3) is 0.345. The Hall–Kier alpha value is -3.29. The van der Waals surface area contributed by atoms with Crippen LogP contribution in [-0.4, -0.2) is 47.9 Å². The first-order valence-electron chi connectivity index (χ1n) is 12.6. The number of hydrogen-bond acceptors (Lipinski definition) is 5. The van der Waals surface area contributed by atoms with E-state index in [0.29, 0.717) is 24.6 Å². The second-order valence-electron chi connectivity index (χ2n) is 9.05. The molecule has 0 radical (unpaired) electrons. The summed E-state index contributed by atoms with van der Waals surface area (Å²) < 4.78 is 0. The standard InChI is InChI=1S/C29H34N4O2S/c1-4-33(5-2)29(35)22-11-9-21(10-12-22)28(23-7-6-8-25(15-23)32-20(3)34)27-13-14-30-17-24(27)16-26-18-36-19-31-26/h6-12,15,18-19,24,30H,4-5,13-14,16-17H2,1-3H3,(H,32,34). The summed E-state index contributed by atoms with van der Waals surface area (Å²) in [5, 5.41) is 8.60. The van der Waals surface area contributed by atoms with Crippen LogP contribution in [0.1, 0.15) is 54.4 Å². The van der Waals surface area contributed by atoms with Crippen LogP contribution in [0.5, 0.6) is 0 Å². The highest BCUT2D eigenvalue weighted by molar-refractivity contribution is 7.07. The van der Waals surface area contributed by atoms with Crippen LogP contribution < -0.4 is 10.6 Å². The molecule has 36 heavy (non-hydrogen) atoms. The molecule has 7 heteroatoms. The van der Waals surface area contributed by atoms with Crippen LogP contribution in [0, 0.1) is 5.92 Å². The van der Waals surface area contributed by atoms with E-state index in [1.165, 1.54) is 18.1 Å². The van der Waals surface area contributed by atoms with E-state index in [4.69, 9.17) is 0 Å². The average molecular weight is 503 g/mol. The Balaban J connectivity index is 1.80. The Morgan fingerprint density at radius 1 is 1.08 bits per heavy atom. The van der Waals surface area contributed by atoms with Gasteiger partial charge in [0.2, 0.25) is 5.91 Å². The topological polar surface area (TPSA) is 74.3 Å². The van der Waals surface area contributed by atoms with Crippen molar-refractivity contribution in [2.75, 3.05) is 31.5 Å². The number of nitrogens with zero attached hydrogens (tertiary/aromatic N) is 2. The van der Waals surface area contributed by atoms with Gasteiger partial charge in [-0.25, -0.2) is 4.98 Å². The monoisotopic (exact) mass is 502 g/mol. The number of carbonyl (C=O) groups is 2. The molecule has 2 aromatic carbocycles. The van der Waals surface area contributed by atoms with Crippen LogP contribution in [0.15, 0.2) is 65.0 Å². The molecule has 1 unspecified atom stereocenters. The highest BCUT2D eigenvalue weighted by atomic mass is 32.1. The first-order chi connectivity index (χ1) is 17.5. The van der Waals surface area contributed by atoms with Gasteiger partial charge in [-0.3, -0.25) is 9.59 Å². The van der Waals surface area contributed by atoms with Crippen molar-refractivity contribution < 1.29 is 9.59 Å². The number of benzene rings is 2. The zero-order valence-electron chi connectivity index (χ0n) is 21.2.